The van der Waals surface area contributed by atoms with Crippen molar-refractivity contribution in [2.75, 3.05) is 5.32 Å². The van der Waals surface area contributed by atoms with E-state index in [1.165, 1.54) is 6.20 Å². The Bertz CT molecular complexity index is 1180. The van der Waals surface area contributed by atoms with Gasteiger partial charge >= 0.3 is 0 Å². The number of aromatic nitrogens is 1. The third-order valence-electron chi connectivity index (χ3n) is 4.37. The summed E-state index contributed by atoms with van der Waals surface area (Å²) in [4.78, 5) is 3.71. The lowest BCUT2D eigenvalue weighted by Gasteiger charge is -2.17. The maximum Gasteiger partial charge on any atom is 0.270 e. The molecule has 0 atom stereocenters. The summed E-state index contributed by atoms with van der Waals surface area (Å²) in [6.45, 7) is 5.84. The third kappa shape index (κ3) is 6.29. The van der Waals surface area contributed by atoms with Gasteiger partial charge in [-0.2, -0.15) is 4.57 Å². The van der Waals surface area contributed by atoms with Crippen molar-refractivity contribution in [3.63, 3.8) is 0 Å². The van der Waals surface area contributed by atoms with E-state index in [1.807, 2.05) is 66.2 Å². The minimum Gasteiger partial charge on any atom is -0.846 e. The maximum atomic E-state index is 13.1. The predicted molar refractivity (Wildman–Crippen MR) is 120 cm³/mol. The number of nitrogens with zero attached hydrogens (tertiary/aromatic N) is 2. The fraction of sp³-hybridized carbons (Fsp3) is 0.217. The second-order valence-electron chi connectivity index (χ2n) is 7.51. The molecule has 31 heavy (non-hydrogen) atoms. The molecule has 3 rings (SSSR count). The molecule has 0 fully saturated rings. The van der Waals surface area contributed by atoms with Crippen LogP contribution >= 0.6 is 0 Å². The van der Waals surface area contributed by atoms with E-state index in [0.717, 1.165) is 16.8 Å². The van der Waals surface area contributed by atoms with Crippen molar-refractivity contribution in [3.8, 4) is 0 Å². The van der Waals surface area contributed by atoms with Crippen LogP contribution in [0.4, 0.5) is 11.4 Å². The van der Waals surface area contributed by atoms with Crippen LogP contribution in [-0.4, -0.2) is 20.5 Å². The van der Waals surface area contributed by atoms with Gasteiger partial charge in [0.25, 0.3) is 10.0 Å². The van der Waals surface area contributed by atoms with E-state index in [0.29, 0.717) is 12.2 Å². The summed E-state index contributed by atoms with van der Waals surface area (Å²) in [7, 11) is -4.16. The van der Waals surface area contributed by atoms with Crippen molar-refractivity contribution < 1.29 is 18.1 Å². The van der Waals surface area contributed by atoms with E-state index in [9.17, 15) is 13.5 Å². The Labute approximate surface area is 183 Å². The number of anilines is 2. The fourth-order valence-corrected chi connectivity index (χ4v) is 4.11. The highest BCUT2D eigenvalue weighted by atomic mass is 32.2. The molecule has 3 aromatic rings. The number of rotatable bonds is 7. The van der Waals surface area contributed by atoms with Crippen molar-refractivity contribution in [1.82, 2.24) is 4.72 Å². The van der Waals surface area contributed by atoms with Gasteiger partial charge in [-0.05, 0) is 38.5 Å². The molecule has 2 N–H and O–H groups in total. The van der Waals surface area contributed by atoms with Crippen molar-refractivity contribution in [1.29, 1.82) is 0 Å². The van der Waals surface area contributed by atoms with Gasteiger partial charge in [-0.3, -0.25) is 9.71 Å². The lowest BCUT2D eigenvalue weighted by molar-refractivity contribution is -0.690. The van der Waals surface area contributed by atoms with Gasteiger partial charge in [0.2, 0.25) is 0 Å². The van der Waals surface area contributed by atoms with Gasteiger partial charge in [0.15, 0.2) is 23.8 Å². The zero-order valence-corrected chi connectivity index (χ0v) is 18.6. The Morgan fingerprint density at radius 1 is 1.10 bits per heavy atom. The normalized spacial score (nSPS) is 12.1. The van der Waals surface area contributed by atoms with Crippen LogP contribution in [0.25, 0.3) is 0 Å². The lowest BCUT2D eigenvalue weighted by atomic mass is 10.2. The standard InChI is InChI=1S/C23H26N4O3S/c1-17(2)24-23(28)26-31(29,30)22-16-27(15-19-9-5-4-6-10-19)13-12-21(22)25-20-11-7-8-18(3)14-20/h4-14,16-17H,15H2,1-3H3,(H2,24,26,28). The molecule has 0 saturated carbocycles. The van der Waals surface area contributed by atoms with E-state index in [-0.39, 0.29) is 10.9 Å². The first-order chi connectivity index (χ1) is 14.7. The van der Waals surface area contributed by atoms with Gasteiger partial charge in [0.1, 0.15) is 0 Å². The number of benzene rings is 2. The van der Waals surface area contributed by atoms with Gasteiger partial charge in [0.05, 0.1) is 11.7 Å². The zero-order valence-electron chi connectivity index (χ0n) is 17.7. The zero-order chi connectivity index (χ0) is 22.4. The Balaban J connectivity index is 2.01. The van der Waals surface area contributed by atoms with E-state index >= 15 is 0 Å². The highest BCUT2D eigenvalue weighted by Crippen LogP contribution is 2.24. The third-order valence-corrected chi connectivity index (χ3v) is 5.72. The Hall–Kier alpha value is -3.39. The Morgan fingerprint density at radius 3 is 2.52 bits per heavy atom. The molecule has 0 aliphatic carbocycles. The second-order valence-corrected chi connectivity index (χ2v) is 9.16. The molecular formula is C23H26N4O3S. The molecule has 7 nitrogen and oxygen atoms in total. The molecule has 162 valence electrons. The number of aliphatic imine (C=N–C) groups is 1. The van der Waals surface area contributed by atoms with Crippen molar-refractivity contribution in [3.05, 3.63) is 84.2 Å². The summed E-state index contributed by atoms with van der Waals surface area (Å²) >= 11 is 0. The van der Waals surface area contributed by atoms with Crippen molar-refractivity contribution >= 4 is 27.4 Å². The molecule has 1 heterocycles. The molecule has 0 bridgehead atoms. The van der Waals surface area contributed by atoms with Crippen molar-refractivity contribution in [2.45, 2.75) is 38.3 Å². The highest BCUT2D eigenvalue weighted by molar-refractivity contribution is 7.90. The molecular weight excluding hydrogens is 412 g/mol. The van der Waals surface area contributed by atoms with E-state index < -0.39 is 16.0 Å². The largest absolute Gasteiger partial charge is 0.846 e. The molecule has 8 heteroatoms. The van der Waals surface area contributed by atoms with Crippen LogP contribution in [0, 0.1) is 6.92 Å². The van der Waals surface area contributed by atoms with Crippen LogP contribution in [0.3, 0.4) is 0 Å². The van der Waals surface area contributed by atoms with Crippen LogP contribution in [0.5, 0.6) is 0 Å². The van der Waals surface area contributed by atoms with Gasteiger partial charge in [-0.25, -0.2) is 8.42 Å². The number of hydrogen-bond acceptors (Lipinski definition) is 5. The van der Waals surface area contributed by atoms with Gasteiger partial charge in [-0.15, -0.1) is 0 Å². The first-order valence-corrected chi connectivity index (χ1v) is 11.4. The summed E-state index contributed by atoms with van der Waals surface area (Å²) in [5.74, 6) is 0. The average Bonchev–Trinajstić information content (AvgIpc) is 2.69. The van der Waals surface area contributed by atoms with E-state index in [1.54, 1.807) is 30.7 Å². The number of hydrogen-bond donors (Lipinski definition) is 2. The molecule has 0 aliphatic rings. The molecule has 0 saturated heterocycles. The number of nitrogens with one attached hydrogen (secondary N) is 2. The van der Waals surface area contributed by atoms with Gasteiger partial charge < -0.3 is 10.4 Å². The maximum absolute atomic E-state index is 13.1. The van der Waals surface area contributed by atoms with Gasteiger partial charge in [-0.1, -0.05) is 42.5 Å². The van der Waals surface area contributed by atoms with Gasteiger partial charge in [0, 0.05) is 23.4 Å². The van der Waals surface area contributed by atoms with Crippen LogP contribution in [0.2, 0.25) is 0 Å². The first-order valence-electron chi connectivity index (χ1n) is 9.91. The molecule has 0 unspecified atom stereocenters. The topological polar surface area (TPSA) is 97.5 Å². The Morgan fingerprint density at radius 2 is 1.84 bits per heavy atom. The summed E-state index contributed by atoms with van der Waals surface area (Å²) in [6, 6.07) is 17.8. The molecule has 0 radical (unpaired) electrons. The molecule has 0 spiro atoms. The summed E-state index contributed by atoms with van der Waals surface area (Å²) in [6.07, 6.45) is 3.31. The highest BCUT2D eigenvalue weighted by Gasteiger charge is 2.23. The summed E-state index contributed by atoms with van der Waals surface area (Å²) in [5.41, 5.74) is 3.16. The predicted octanol–water partition coefficient (Wildman–Crippen LogP) is 2.48. The minimum atomic E-state index is -4.16. The second kappa shape index (κ2) is 9.61. The van der Waals surface area contributed by atoms with Crippen LogP contribution < -0.4 is 19.7 Å². The summed E-state index contributed by atoms with van der Waals surface area (Å²) < 4.78 is 29.9. The van der Waals surface area contributed by atoms with E-state index in [2.05, 4.69) is 10.3 Å². The molecule has 2 aromatic carbocycles. The van der Waals surface area contributed by atoms with Crippen LogP contribution in [0.1, 0.15) is 25.0 Å². The SMILES string of the molecule is Cc1cccc(Nc2cc[n+](Cc3ccccc3)cc2S(=O)(=O)NC([O-])=NC(C)C)c1. The van der Waals surface area contributed by atoms with Crippen LogP contribution in [-0.2, 0) is 16.6 Å². The average molecular weight is 439 g/mol. The minimum absolute atomic E-state index is 0.0419. The Kier molecular flexibility index (Phi) is 6.91. The smallest absolute Gasteiger partial charge is 0.270 e. The fourth-order valence-electron chi connectivity index (χ4n) is 3.03. The van der Waals surface area contributed by atoms with E-state index in [4.69, 9.17) is 0 Å². The van der Waals surface area contributed by atoms with Crippen molar-refractivity contribution in [2.24, 2.45) is 4.99 Å². The van der Waals surface area contributed by atoms with Crippen LogP contribution in [0.15, 0.2) is 82.9 Å². The number of pyridine rings is 1. The summed E-state index contributed by atoms with van der Waals surface area (Å²) in [5, 5.41) is 15.2. The number of amidine groups is 1. The molecule has 0 amide bonds. The first kappa shape index (κ1) is 22.3. The molecule has 0 aliphatic heterocycles. The molecule has 1 aromatic heterocycles. The monoisotopic (exact) mass is 438 g/mol. The quantitative estimate of drug-likeness (QED) is 0.336. The number of sulfonamides is 1. The lowest BCUT2D eigenvalue weighted by Crippen LogP contribution is -2.42. The number of aryl methyl sites for hydroxylation is 1.